The van der Waals surface area contributed by atoms with Crippen LogP contribution in [0.1, 0.15) is 36.2 Å². The molecule has 0 unspecified atom stereocenters. The Hall–Kier alpha value is -2.88. The number of anilines is 1. The summed E-state index contributed by atoms with van der Waals surface area (Å²) in [6.45, 7) is 11.6. The molecule has 2 aromatic carbocycles. The van der Waals surface area contributed by atoms with Crippen LogP contribution in [0, 0.1) is 13.8 Å². The summed E-state index contributed by atoms with van der Waals surface area (Å²) in [7, 11) is 0. The van der Waals surface area contributed by atoms with E-state index in [0.29, 0.717) is 13.0 Å². The second kappa shape index (κ2) is 6.69. The number of nitrogens with zero attached hydrogens (tertiary/aromatic N) is 3. The number of aryl methyl sites for hydroxylation is 2. The van der Waals surface area contributed by atoms with Gasteiger partial charge in [0.15, 0.2) is 0 Å². The van der Waals surface area contributed by atoms with Gasteiger partial charge in [0, 0.05) is 31.1 Å². The van der Waals surface area contributed by atoms with Crippen LogP contribution in [0.2, 0.25) is 0 Å². The van der Waals surface area contributed by atoms with E-state index in [1.807, 2.05) is 36.1 Å². The molecule has 3 aromatic rings. The number of rotatable bonds is 4. The zero-order valence-corrected chi connectivity index (χ0v) is 16.2. The van der Waals surface area contributed by atoms with E-state index in [1.165, 1.54) is 0 Å². The highest BCUT2D eigenvalue weighted by Crippen LogP contribution is 2.36. The second-order valence-corrected chi connectivity index (χ2v) is 7.65. The maximum atomic E-state index is 12.9. The number of carbonyl (C=O) groups excluding carboxylic acids is 1. The highest BCUT2D eigenvalue weighted by molar-refractivity contribution is 5.98. The van der Waals surface area contributed by atoms with Gasteiger partial charge in [-0.15, -0.1) is 0 Å². The Balaban J connectivity index is 1.75. The lowest BCUT2D eigenvalue weighted by Crippen LogP contribution is -2.26. The molecular formula is C23H25N3O. The summed E-state index contributed by atoms with van der Waals surface area (Å²) < 4.78 is 2.23. The van der Waals surface area contributed by atoms with Crippen molar-refractivity contribution >= 4 is 22.6 Å². The van der Waals surface area contributed by atoms with Gasteiger partial charge in [0.25, 0.3) is 0 Å². The average molecular weight is 359 g/mol. The topological polar surface area (TPSA) is 38.1 Å². The molecule has 1 aromatic heterocycles. The molecule has 1 aliphatic heterocycles. The molecule has 0 radical (unpaired) electrons. The van der Waals surface area contributed by atoms with Gasteiger partial charge in [-0.25, -0.2) is 4.98 Å². The molecule has 0 N–H and O–H groups in total. The fourth-order valence-electron chi connectivity index (χ4n) is 4.17. The summed E-state index contributed by atoms with van der Waals surface area (Å²) in [6.07, 6.45) is 0.493. The van der Waals surface area contributed by atoms with Crippen LogP contribution in [0.25, 0.3) is 11.0 Å². The van der Waals surface area contributed by atoms with E-state index < -0.39 is 0 Å². The van der Waals surface area contributed by atoms with E-state index in [0.717, 1.165) is 45.8 Å². The van der Waals surface area contributed by atoms with Crippen molar-refractivity contribution < 1.29 is 4.79 Å². The van der Waals surface area contributed by atoms with Crippen molar-refractivity contribution in [3.63, 3.8) is 0 Å². The molecule has 4 heteroatoms. The number of aromatic nitrogens is 2. The lowest BCUT2D eigenvalue weighted by atomic mass is 10.1. The molecule has 1 atom stereocenters. The van der Waals surface area contributed by atoms with Gasteiger partial charge in [-0.3, -0.25) is 4.79 Å². The molecule has 0 saturated carbocycles. The summed E-state index contributed by atoms with van der Waals surface area (Å²) >= 11 is 0. The van der Waals surface area contributed by atoms with Crippen molar-refractivity contribution in [2.75, 3.05) is 11.4 Å². The largest absolute Gasteiger partial charge is 0.324 e. The number of carbonyl (C=O) groups is 1. The Bertz CT molecular complexity index is 1030. The van der Waals surface area contributed by atoms with E-state index in [2.05, 4.69) is 43.2 Å². The molecule has 1 aliphatic rings. The van der Waals surface area contributed by atoms with Gasteiger partial charge in [0.05, 0.1) is 11.0 Å². The first-order chi connectivity index (χ1) is 13.0. The second-order valence-electron chi connectivity index (χ2n) is 7.65. The van der Waals surface area contributed by atoms with Crippen molar-refractivity contribution in [1.82, 2.24) is 9.55 Å². The van der Waals surface area contributed by atoms with Gasteiger partial charge in [0.1, 0.15) is 5.82 Å². The Morgan fingerprint density at radius 1 is 1.15 bits per heavy atom. The van der Waals surface area contributed by atoms with E-state index >= 15 is 0 Å². The molecule has 2 heterocycles. The van der Waals surface area contributed by atoms with Gasteiger partial charge < -0.3 is 9.47 Å². The van der Waals surface area contributed by atoms with Crippen molar-refractivity contribution in [3.05, 3.63) is 71.6 Å². The number of amides is 1. The molecular weight excluding hydrogens is 334 g/mol. The Kier molecular flexibility index (Phi) is 4.34. The predicted molar refractivity (Wildman–Crippen MR) is 110 cm³/mol. The summed E-state index contributed by atoms with van der Waals surface area (Å²) in [5.41, 5.74) is 6.49. The van der Waals surface area contributed by atoms with Gasteiger partial charge >= 0.3 is 0 Å². The molecule has 0 bridgehead atoms. The number of fused-ring (bicyclic) bond motifs is 1. The summed E-state index contributed by atoms with van der Waals surface area (Å²) in [5.74, 6) is 1.25. The molecule has 1 fully saturated rings. The van der Waals surface area contributed by atoms with Crippen molar-refractivity contribution in [2.24, 2.45) is 0 Å². The van der Waals surface area contributed by atoms with Gasteiger partial charge in [0.2, 0.25) is 5.91 Å². The SMILES string of the molecule is C=C(C)Cn1c([C@H]2CC(=O)N(c3c(C)cccc3C)C2)nc2ccccc21. The number of benzene rings is 2. The zero-order valence-electron chi connectivity index (χ0n) is 16.2. The first-order valence-corrected chi connectivity index (χ1v) is 9.42. The van der Waals surface area contributed by atoms with E-state index in [9.17, 15) is 4.79 Å². The normalized spacial score (nSPS) is 17.1. The average Bonchev–Trinajstić information content (AvgIpc) is 3.16. The van der Waals surface area contributed by atoms with E-state index in [-0.39, 0.29) is 11.8 Å². The minimum atomic E-state index is 0.0863. The van der Waals surface area contributed by atoms with Crippen LogP contribution >= 0.6 is 0 Å². The van der Waals surface area contributed by atoms with Gasteiger partial charge in [-0.2, -0.15) is 0 Å². The Labute approximate surface area is 160 Å². The van der Waals surface area contributed by atoms with Crippen molar-refractivity contribution in [3.8, 4) is 0 Å². The highest BCUT2D eigenvalue weighted by Gasteiger charge is 2.35. The number of hydrogen-bond donors (Lipinski definition) is 0. The first kappa shape index (κ1) is 17.5. The lowest BCUT2D eigenvalue weighted by molar-refractivity contribution is -0.117. The number of allylic oxidation sites excluding steroid dienone is 1. The van der Waals surface area contributed by atoms with Crippen LogP contribution in [0.3, 0.4) is 0 Å². The van der Waals surface area contributed by atoms with Crippen LogP contribution in [0.15, 0.2) is 54.6 Å². The molecule has 1 saturated heterocycles. The fraction of sp³-hybridized carbons (Fsp3) is 0.304. The molecule has 27 heavy (non-hydrogen) atoms. The third kappa shape index (κ3) is 3.05. The van der Waals surface area contributed by atoms with Crippen LogP contribution in [-0.4, -0.2) is 22.0 Å². The quantitative estimate of drug-likeness (QED) is 0.631. The maximum Gasteiger partial charge on any atom is 0.227 e. The Morgan fingerprint density at radius 2 is 1.85 bits per heavy atom. The lowest BCUT2D eigenvalue weighted by Gasteiger charge is -2.21. The number of imidazole rings is 1. The number of para-hydroxylation sites is 3. The summed E-state index contributed by atoms with van der Waals surface area (Å²) in [5, 5.41) is 0. The molecule has 138 valence electrons. The van der Waals surface area contributed by atoms with Crippen molar-refractivity contribution in [2.45, 2.75) is 39.7 Å². The Morgan fingerprint density at radius 3 is 2.56 bits per heavy atom. The minimum absolute atomic E-state index is 0.0863. The smallest absolute Gasteiger partial charge is 0.227 e. The van der Waals surface area contributed by atoms with Crippen LogP contribution in [0.5, 0.6) is 0 Å². The van der Waals surface area contributed by atoms with E-state index in [1.54, 1.807) is 0 Å². The van der Waals surface area contributed by atoms with Crippen LogP contribution in [0.4, 0.5) is 5.69 Å². The molecule has 4 rings (SSSR count). The number of hydrogen-bond acceptors (Lipinski definition) is 2. The van der Waals surface area contributed by atoms with Crippen molar-refractivity contribution in [1.29, 1.82) is 0 Å². The fourth-order valence-corrected chi connectivity index (χ4v) is 4.17. The zero-order chi connectivity index (χ0) is 19.1. The van der Waals surface area contributed by atoms with Crippen LogP contribution < -0.4 is 4.90 Å². The van der Waals surface area contributed by atoms with E-state index in [4.69, 9.17) is 4.98 Å². The van der Waals surface area contributed by atoms with Crippen LogP contribution in [-0.2, 0) is 11.3 Å². The summed E-state index contributed by atoms with van der Waals surface area (Å²) in [4.78, 5) is 19.7. The molecule has 1 amide bonds. The standard InChI is InChI=1S/C23H25N3O/c1-15(2)13-25-20-11-6-5-10-19(20)24-23(25)18-12-21(27)26(14-18)22-16(3)8-7-9-17(22)4/h5-11,18H,1,12-14H2,2-4H3/t18-/m0/s1. The summed E-state index contributed by atoms with van der Waals surface area (Å²) in [6, 6.07) is 14.3. The first-order valence-electron chi connectivity index (χ1n) is 9.42. The minimum Gasteiger partial charge on any atom is -0.324 e. The highest BCUT2D eigenvalue weighted by atomic mass is 16.2. The van der Waals surface area contributed by atoms with Gasteiger partial charge in [-0.05, 0) is 44.0 Å². The monoisotopic (exact) mass is 359 g/mol. The maximum absolute atomic E-state index is 12.9. The molecule has 4 nitrogen and oxygen atoms in total. The molecule has 0 spiro atoms. The predicted octanol–water partition coefficient (Wildman–Crippen LogP) is 4.75. The third-order valence-electron chi connectivity index (χ3n) is 5.31. The van der Waals surface area contributed by atoms with Gasteiger partial charge in [-0.1, -0.05) is 42.5 Å². The molecule has 0 aliphatic carbocycles. The third-order valence-corrected chi connectivity index (χ3v) is 5.31.